The molecule has 6 nitrogen and oxygen atoms in total. The average Bonchev–Trinajstić information content (AvgIpc) is 3.42. The lowest BCUT2D eigenvalue weighted by Crippen LogP contribution is -2.17. The zero-order valence-electron chi connectivity index (χ0n) is 21.9. The van der Waals surface area contributed by atoms with Gasteiger partial charge in [0.05, 0.1) is 11.1 Å². The van der Waals surface area contributed by atoms with Gasteiger partial charge in [0.15, 0.2) is 0 Å². The van der Waals surface area contributed by atoms with Crippen molar-refractivity contribution in [1.82, 2.24) is 0 Å². The number of hydrogen-bond acceptors (Lipinski definition) is 6. The molecule has 0 N–H and O–H groups in total. The molecule has 0 fully saturated rings. The summed E-state index contributed by atoms with van der Waals surface area (Å²) < 4.78 is 52.5. The molecule has 0 radical (unpaired) electrons. The van der Waals surface area contributed by atoms with Crippen LogP contribution in [0.5, 0.6) is 11.5 Å². The van der Waals surface area contributed by atoms with Crippen molar-refractivity contribution in [2.75, 3.05) is 13.2 Å². The third-order valence-corrected chi connectivity index (χ3v) is 6.12. The summed E-state index contributed by atoms with van der Waals surface area (Å²) in [6.07, 6.45) is 0. The molecule has 2 aliphatic heterocycles. The molecule has 3 aromatic carbocycles. The molecular formula is C30H30F2N2O4. The Kier molecular flexibility index (Phi) is 6.82. The Hall–Kier alpha value is -3.94. The van der Waals surface area contributed by atoms with E-state index >= 15 is 0 Å². The summed E-state index contributed by atoms with van der Waals surface area (Å²) in [4.78, 5) is 8.98. The summed E-state index contributed by atoms with van der Waals surface area (Å²) in [5, 5.41) is 0. The van der Waals surface area contributed by atoms with Crippen LogP contribution >= 0.6 is 0 Å². The minimum absolute atomic E-state index is 0.230. The molecule has 0 saturated heterocycles. The summed E-state index contributed by atoms with van der Waals surface area (Å²) in [6, 6.07) is 17.0. The lowest BCUT2D eigenvalue weighted by molar-refractivity contribution is 0.273. The fraction of sp³-hybridized carbons (Fsp3) is 0.333. The van der Waals surface area contributed by atoms with E-state index in [4.69, 9.17) is 18.9 Å². The van der Waals surface area contributed by atoms with Gasteiger partial charge in [0, 0.05) is 0 Å². The summed E-state index contributed by atoms with van der Waals surface area (Å²) in [6.45, 7) is 8.95. The standard InChI is InChI=1S/C30H30F2N2O4/c1-29(2)17-37-27(33-29)25-21(31)7-5-9-23(25)35-15-19-11-13-20(14-12-19)16-36-24-10-6-8-22(32)26(24)28-34-30(3,4)18-38-28/h5-14H,15-18H2,1-4H3. The number of aliphatic imine (C=N–C) groups is 2. The van der Waals surface area contributed by atoms with Crippen molar-refractivity contribution in [3.05, 3.63) is 94.6 Å². The third kappa shape index (κ3) is 5.64. The van der Waals surface area contributed by atoms with Gasteiger partial charge in [0.25, 0.3) is 0 Å². The maximum absolute atomic E-state index is 14.7. The second kappa shape index (κ2) is 10.1. The lowest BCUT2D eigenvalue weighted by atomic mass is 10.1. The van der Waals surface area contributed by atoms with E-state index < -0.39 is 22.7 Å². The van der Waals surface area contributed by atoms with E-state index in [1.54, 1.807) is 24.3 Å². The van der Waals surface area contributed by atoms with Crippen LogP contribution in [0.2, 0.25) is 0 Å². The van der Waals surface area contributed by atoms with Crippen LogP contribution in [-0.2, 0) is 22.7 Å². The molecular weight excluding hydrogens is 490 g/mol. The highest BCUT2D eigenvalue weighted by molar-refractivity contribution is 5.99. The fourth-order valence-electron chi connectivity index (χ4n) is 4.14. The SMILES string of the molecule is CC1(C)COC(c2c(F)cccc2OCc2ccc(COc3cccc(F)c3C3=NC(C)(C)CO3)cc2)=N1. The van der Waals surface area contributed by atoms with Crippen molar-refractivity contribution in [3.63, 3.8) is 0 Å². The molecule has 0 bridgehead atoms. The Morgan fingerprint density at radius 2 is 1.05 bits per heavy atom. The zero-order chi connectivity index (χ0) is 26.9. The van der Waals surface area contributed by atoms with E-state index in [-0.39, 0.29) is 36.1 Å². The molecule has 0 unspecified atom stereocenters. The molecule has 0 amide bonds. The van der Waals surface area contributed by atoms with Gasteiger partial charge in [0.2, 0.25) is 11.8 Å². The van der Waals surface area contributed by atoms with Crippen LogP contribution in [-0.4, -0.2) is 36.1 Å². The highest BCUT2D eigenvalue weighted by atomic mass is 19.1. The van der Waals surface area contributed by atoms with E-state index in [0.29, 0.717) is 24.7 Å². The number of hydrogen-bond donors (Lipinski definition) is 0. The van der Waals surface area contributed by atoms with Gasteiger partial charge in [-0.1, -0.05) is 36.4 Å². The topological polar surface area (TPSA) is 61.6 Å². The summed E-state index contributed by atoms with van der Waals surface area (Å²) >= 11 is 0. The maximum atomic E-state index is 14.7. The van der Waals surface area contributed by atoms with Gasteiger partial charge in [0.1, 0.15) is 60.7 Å². The average molecular weight is 521 g/mol. The Balaban J connectivity index is 1.25. The normalized spacial score (nSPS) is 17.3. The van der Waals surface area contributed by atoms with Gasteiger partial charge in [-0.25, -0.2) is 18.8 Å². The summed E-state index contributed by atoms with van der Waals surface area (Å²) in [5.74, 6) is 0.358. The van der Waals surface area contributed by atoms with Gasteiger partial charge in [-0.05, 0) is 63.1 Å². The Morgan fingerprint density at radius 1 is 0.658 bits per heavy atom. The zero-order valence-corrected chi connectivity index (χ0v) is 21.9. The predicted molar refractivity (Wildman–Crippen MR) is 141 cm³/mol. The summed E-state index contributed by atoms with van der Waals surface area (Å²) in [7, 11) is 0. The molecule has 0 aliphatic carbocycles. The quantitative estimate of drug-likeness (QED) is 0.353. The predicted octanol–water partition coefficient (Wildman–Crippen LogP) is 6.23. The van der Waals surface area contributed by atoms with E-state index in [1.165, 1.54) is 12.1 Å². The first-order chi connectivity index (χ1) is 18.1. The van der Waals surface area contributed by atoms with E-state index in [1.807, 2.05) is 52.0 Å². The number of halogens is 2. The number of nitrogens with zero attached hydrogens (tertiary/aromatic N) is 2. The first-order valence-corrected chi connectivity index (χ1v) is 12.5. The fourth-order valence-corrected chi connectivity index (χ4v) is 4.14. The monoisotopic (exact) mass is 520 g/mol. The largest absolute Gasteiger partial charge is 0.488 e. The lowest BCUT2D eigenvalue weighted by Gasteiger charge is -2.13. The number of rotatable bonds is 8. The molecule has 2 aliphatic rings. The second-order valence-electron chi connectivity index (χ2n) is 10.7. The van der Waals surface area contributed by atoms with Crippen LogP contribution in [0.1, 0.15) is 49.9 Å². The van der Waals surface area contributed by atoms with Gasteiger partial charge in [-0.15, -0.1) is 0 Å². The molecule has 8 heteroatoms. The highest BCUT2D eigenvalue weighted by Gasteiger charge is 2.31. The number of benzene rings is 3. The Morgan fingerprint density at radius 3 is 1.39 bits per heavy atom. The Labute approximate surface area is 220 Å². The molecule has 0 atom stereocenters. The molecule has 5 rings (SSSR count). The minimum Gasteiger partial charge on any atom is -0.488 e. The minimum atomic E-state index is -0.444. The van der Waals surface area contributed by atoms with Crippen molar-refractivity contribution in [2.24, 2.45) is 9.98 Å². The van der Waals surface area contributed by atoms with Crippen LogP contribution in [0.4, 0.5) is 8.78 Å². The van der Waals surface area contributed by atoms with E-state index in [2.05, 4.69) is 9.98 Å². The van der Waals surface area contributed by atoms with Crippen LogP contribution in [0.25, 0.3) is 0 Å². The molecule has 0 spiro atoms. The Bertz CT molecular complexity index is 1290. The van der Waals surface area contributed by atoms with Gasteiger partial charge in [-0.2, -0.15) is 0 Å². The molecule has 38 heavy (non-hydrogen) atoms. The molecule has 3 aromatic rings. The van der Waals surface area contributed by atoms with Gasteiger partial charge >= 0.3 is 0 Å². The van der Waals surface area contributed by atoms with Crippen molar-refractivity contribution >= 4 is 11.8 Å². The first-order valence-electron chi connectivity index (χ1n) is 12.5. The van der Waals surface area contributed by atoms with E-state index in [0.717, 1.165) is 11.1 Å². The van der Waals surface area contributed by atoms with Gasteiger partial charge in [-0.3, -0.25) is 0 Å². The van der Waals surface area contributed by atoms with Crippen molar-refractivity contribution in [3.8, 4) is 11.5 Å². The van der Waals surface area contributed by atoms with Crippen LogP contribution in [0.15, 0.2) is 70.6 Å². The molecule has 198 valence electrons. The number of ether oxygens (including phenoxy) is 4. The molecule has 2 heterocycles. The first kappa shape index (κ1) is 25.7. The highest BCUT2D eigenvalue weighted by Crippen LogP contribution is 2.30. The van der Waals surface area contributed by atoms with Gasteiger partial charge < -0.3 is 18.9 Å². The molecule has 0 aromatic heterocycles. The molecule has 0 saturated carbocycles. The summed E-state index contributed by atoms with van der Waals surface area (Å²) in [5.41, 5.74) is 1.42. The van der Waals surface area contributed by atoms with Crippen molar-refractivity contribution < 1.29 is 27.7 Å². The van der Waals surface area contributed by atoms with Crippen LogP contribution < -0.4 is 9.47 Å². The van der Waals surface area contributed by atoms with Crippen LogP contribution in [0, 0.1) is 11.6 Å². The van der Waals surface area contributed by atoms with Crippen LogP contribution in [0.3, 0.4) is 0 Å². The van der Waals surface area contributed by atoms with E-state index in [9.17, 15) is 8.78 Å². The maximum Gasteiger partial charge on any atom is 0.223 e. The van der Waals surface area contributed by atoms with Crippen molar-refractivity contribution in [2.45, 2.75) is 52.0 Å². The second-order valence-corrected chi connectivity index (χ2v) is 10.7. The van der Waals surface area contributed by atoms with Crippen molar-refractivity contribution in [1.29, 1.82) is 0 Å². The smallest absolute Gasteiger partial charge is 0.223 e. The third-order valence-electron chi connectivity index (χ3n) is 6.12.